The van der Waals surface area contributed by atoms with E-state index in [1.807, 2.05) is 0 Å². The van der Waals surface area contributed by atoms with Gasteiger partial charge >= 0.3 is 0 Å². The summed E-state index contributed by atoms with van der Waals surface area (Å²) in [6.45, 7) is 3.78. The molecule has 72 valence electrons. The van der Waals surface area contributed by atoms with Gasteiger partial charge in [0.25, 0.3) is 0 Å². The Hall–Kier alpha value is -0.410. The Labute approximate surface area is 73.7 Å². The number of carbonyl (C=O) groups is 1. The van der Waals surface area contributed by atoms with E-state index in [2.05, 4.69) is 0 Å². The average Bonchev–Trinajstić information content (AvgIpc) is 1.94. The number of hydrogen-bond donors (Lipinski definition) is 1. The van der Waals surface area contributed by atoms with Crippen molar-refractivity contribution < 1.29 is 14.6 Å². The summed E-state index contributed by atoms with van der Waals surface area (Å²) in [5.41, 5.74) is 0. The van der Waals surface area contributed by atoms with E-state index < -0.39 is 5.79 Å². The molecular formula is C9H18O3. The second kappa shape index (κ2) is 6.14. The van der Waals surface area contributed by atoms with Crippen LogP contribution in [-0.2, 0) is 9.53 Å². The number of hydrogen-bond acceptors (Lipinski definition) is 3. The maximum Gasteiger partial charge on any atom is 0.159 e. The summed E-state index contributed by atoms with van der Waals surface area (Å²) in [5.74, 6) is -1.02. The first-order valence-corrected chi connectivity index (χ1v) is 4.36. The van der Waals surface area contributed by atoms with Crippen LogP contribution in [-0.4, -0.2) is 23.8 Å². The van der Waals surface area contributed by atoms with Crippen molar-refractivity contribution in [1.82, 2.24) is 0 Å². The summed E-state index contributed by atoms with van der Waals surface area (Å²) in [7, 11) is 0. The van der Waals surface area contributed by atoms with Crippen LogP contribution in [0.1, 0.15) is 39.5 Å². The smallest absolute Gasteiger partial charge is 0.159 e. The van der Waals surface area contributed by atoms with Gasteiger partial charge in [-0.1, -0.05) is 6.42 Å². The van der Waals surface area contributed by atoms with E-state index in [4.69, 9.17) is 9.84 Å². The maximum atomic E-state index is 9.93. The quantitative estimate of drug-likeness (QED) is 0.361. The molecule has 0 rings (SSSR count). The lowest BCUT2D eigenvalue weighted by atomic mass is 10.2. The van der Waals surface area contributed by atoms with Crippen molar-refractivity contribution in [3.63, 3.8) is 0 Å². The van der Waals surface area contributed by atoms with Crippen LogP contribution in [0.3, 0.4) is 0 Å². The monoisotopic (exact) mass is 174 g/mol. The van der Waals surface area contributed by atoms with Crippen LogP contribution in [0.25, 0.3) is 0 Å². The van der Waals surface area contributed by atoms with Gasteiger partial charge in [0.15, 0.2) is 5.79 Å². The number of aliphatic hydroxyl groups is 1. The highest BCUT2D eigenvalue weighted by Crippen LogP contribution is 2.05. The molecule has 0 unspecified atom stereocenters. The minimum atomic E-state index is -1.02. The van der Waals surface area contributed by atoms with Crippen LogP contribution in [0.2, 0.25) is 0 Å². The summed E-state index contributed by atoms with van der Waals surface area (Å²) in [5, 5.41) is 9.14. The zero-order valence-corrected chi connectivity index (χ0v) is 7.88. The molecule has 0 bridgehead atoms. The van der Waals surface area contributed by atoms with Crippen LogP contribution < -0.4 is 0 Å². The summed E-state index contributed by atoms with van der Waals surface area (Å²) < 4.78 is 5.08. The summed E-state index contributed by atoms with van der Waals surface area (Å²) in [6.07, 6.45) is 4.35. The van der Waals surface area contributed by atoms with Gasteiger partial charge in [0.2, 0.25) is 0 Å². The van der Waals surface area contributed by atoms with Crippen molar-refractivity contribution in [3.8, 4) is 0 Å². The Balaban J connectivity index is 3.06. The SMILES string of the molecule is CC(C)(O)OCCCCCC=O. The van der Waals surface area contributed by atoms with Crippen LogP contribution in [0.15, 0.2) is 0 Å². The molecule has 0 aromatic carbocycles. The largest absolute Gasteiger partial charge is 0.366 e. The lowest BCUT2D eigenvalue weighted by molar-refractivity contribution is -0.176. The lowest BCUT2D eigenvalue weighted by Crippen LogP contribution is -2.23. The molecule has 0 spiro atoms. The van der Waals surface area contributed by atoms with Gasteiger partial charge in [-0.05, 0) is 26.7 Å². The first-order valence-electron chi connectivity index (χ1n) is 4.36. The third kappa shape index (κ3) is 9.59. The maximum absolute atomic E-state index is 9.93. The number of aldehydes is 1. The Morgan fingerprint density at radius 1 is 1.33 bits per heavy atom. The first-order chi connectivity index (χ1) is 5.56. The molecule has 1 N–H and O–H groups in total. The second-order valence-electron chi connectivity index (χ2n) is 3.31. The van der Waals surface area contributed by atoms with E-state index >= 15 is 0 Å². The minimum Gasteiger partial charge on any atom is -0.366 e. The van der Waals surface area contributed by atoms with Gasteiger partial charge < -0.3 is 14.6 Å². The highest BCUT2D eigenvalue weighted by atomic mass is 16.6. The highest BCUT2D eigenvalue weighted by molar-refractivity contribution is 5.48. The Morgan fingerprint density at radius 3 is 2.50 bits per heavy atom. The molecule has 0 aliphatic rings. The molecule has 0 aromatic heterocycles. The van der Waals surface area contributed by atoms with Crippen LogP contribution in [0, 0.1) is 0 Å². The number of carbonyl (C=O) groups excluding carboxylic acids is 1. The van der Waals surface area contributed by atoms with E-state index in [0.29, 0.717) is 13.0 Å². The number of rotatable bonds is 7. The third-order valence-corrected chi connectivity index (χ3v) is 1.42. The predicted molar refractivity (Wildman–Crippen MR) is 46.8 cm³/mol. The lowest BCUT2D eigenvalue weighted by Gasteiger charge is -2.17. The van der Waals surface area contributed by atoms with Gasteiger partial charge in [0.1, 0.15) is 6.29 Å². The zero-order valence-electron chi connectivity index (χ0n) is 7.88. The fourth-order valence-corrected chi connectivity index (χ4v) is 0.828. The normalized spacial score (nSPS) is 11.6. The molecule has 0 atom stereocenters. The molecule has 12 heavy (non-hydrogen) atoms. The topological polar surface area (TPSA) is 46.5 Å². The molecule has 0 aliphatic heterocycles. The van der Waals surface area contributed by atoms with Crippen LogP contribution in [0.5, 0.6) is 0 Å². The molecule has 0 aliphatic carbocycles. The van der Waals surface area contributed by atoms with Crippen molar-refractivity contribution in [3.05, 3.63) is 0 Å². The molecular weight excluding hydrogens is 156 g/mol. The first kappa shape index (κ1) is 11.6. The molecule has 3 nitrogen and oxygen atoms in total. The molecule has 0 saturated heterocycles. The molecule has 0 saturated carbocycles. The fraction of sp³-hybridized carbons (Fsp3) is 0.889. The predicted octanol–water partition coefficient (Wildman–Crippen LogP) is 1.49. The molecule has 0 heterocycles. The standard InChI is InChI=1S/C9H18O3/c1-9(2,11)12-8-6-4-3-5-7-10/h7,11H,3-6,8H2,1-2H3. The average molecular weight is 174 g/mol. The van der Waals surface area contributed by atoms with Gasteiger partial charge in [-0.25, -0.2) is 0 Å². The van der Waals surface area contributed by atoms with Crippen molar-refractivity contribution in [2.24, 2.45) is 0 Å². The number of unbranched alkanes of at least 4 members (excludes halogenated alkanes) is 3. The summed E-state index contributed by atoms with van der Waals surface area (Å²) in [6, 6.07) is 0. The van der Waals surface area contributed by atoms with Crippen molar-refractivity contribution in [1.29, 1.82) is 0 Å². The molecule has 0 amide bonds. The van der Waals surface area contributed by atoms with E-state index in [1.54, 1.807) is 13.8 Å². The van der Waals surface area contributed by atoms with Gasteiger partial charge in [0, 0.05) is 13.0 Å². The third-order valence-electron chi connectivity index (χ3n) is 1.42. The zero-order chi connectivity index (χ0) is 9.45. The molecule has 0 aromatic rings. The van der Waals surface area contributed by atoms with E-state index in [0.717, 1.165) is 25.5 Å². The van der Waals surface area contributed by atoms with Crippen molar-refractivity contribution in [2.45, 2.75) is 45.3 Å². The minimum absolute atomic E-state index is 0.558. The van der Waals surface area contributed by atoms with Crippen LogP contribution in [0.4, 0.5) is 0 Å². The van der Waals surface area contributed by atoms with E-state index in [-0.39, 0.29) is 0 Å². The van der Waals surface area contributed by atoms with E-state index in [1.165, 1.54) is 0 Å². The second-order valence-corrected chi connectivity index (χ2v) is 3.31. The van der Waals surface area contributed by atoms with Crippen molar-refractivity contribution >= 4 is 6.29 Å². The van der Waals surface area contributed by atoms with Gasteiger partial charge in [-0.3, -0.25) is 0 Å². The van der Waals surface area contributed by atoms with E-state index in [9.17, 15) is 4.79 Å². The molecule has 0 fully saturated rings. The Kier molecular flexibility index (Phi) is 5.93. The Bertz CT molecular complexity index is 115. The van der Waals surface area contributed by atoms with Gasteiger partial charge in [-0.2, -0.15) is 0 Å². The van der Waals surface area contributed by atoms with Crippen molar-refractivity contribution in [2.75, 3.05) is 6.61 Å². The van der Waals surface area contributed by atoms with Crippen LogP contribution >= 0.6 is 0 Å². The van der Waals surface area contributed by atoms with Gasteiger partial charge in [0.05, 0.1) is 0 Å². The summed E-state index contributed by atoms with van der Waals surface area (Å²) in [4.78, 5) is 9.93. The highest BCUT2D eigenvalue weighted by Gasteiger charge is 2.10. The Morgan fingerprint density at radius 2 is 2.00 bits per heavy atom. The summed E-state index contributed by atoms with van der Waals surface area (Å²) >= 11 is 0. The molecule has 3 heteroatoms. The fourth-order valence-electron chi connectivity index (χ4n) is 0.828. The number of ether oxygens (including phenoxy) is 1. The molecule has 0 radical (unpaired) electrons. The van der Waals surface area contributed by atoms with Gasteiger partial charge in [-0.15, -0.1) is 0 Å².